The Labute approximate surface area is 103 Å². The molecule has 1 aromatic rings. The third-order valence-corrected chi connectivity index (χ3v) is 2.66. The molecule has 1 heterocycles. The lowest BCUT2D eigenvalue weighted by molar-refractivity contribution is -0.126. The second kappa shape index (κ2) is 4.52. The van der Waals surface area contributed by atoms with Gasteiger partial charge in [0.2, 0.25) is 0 Å². The number of carbonyl (C=O) groups is 4. The number of fused-ring (bicyclic) bond motifs is 1. The summed E-state index contributed by atoms with van der Waals surface area (Å²) in [6.45, 7) is 0.951. The lowest BCUT2D eigenvalue weighted by Gasteiger charge is -2.11. The Morgan fingerprint density at radius 1 is 1.06 bits per heavy atom. The van der Waals surface area contributed by atoms with E-state index in [-0.39, 0.29) is 18.7 Å². The quantitative estimate of drug-likeness (QED) is 0.582. The predicted octanol–water partition coefficient (Wildman–Crippen LogP) is 0.831. The Morgan fingerprint density at radius 2 is 1.56 bits per heavy atom. The van der Waals surface area contributed by atoms with E-state index >= 15 is 0 Å². The average Bonchev–Trinajstić information content (AvgIpc) is 2.54. The molecule has 0 saturated carbocycles. The summed E-state index contributed by atoms with van der Waals surface area (Å²) >= 11 is 0. The van der Waals surface area contributed by atoms with Gasteiger partial charge < -0.3 is 0 Å². The molecule has 92 valence electrons. The number of carbonyl (C=O) groups excluding carboxylic acids is 4. The molecule has 1 aliphatic rings. The summed E-state index contributed by atoms with van der Waals surface area (Å²) < 4.78 is 0. The smallest absolute Gasteiger partial charge is 0.261 e. The first-order chi connectivity index (χ1) is 8.50. The number of hydrogen-bond acceptors (Lipinski definition) is 4. The SMILES string of the molecule is CC(=O)CC(=O)CN1C(=O)c2ccccc2C1=O. The van der Waals surface area contributed by atoms with Gasteiger partial charge in [-0.25, -0.2) is 0 Å². The monoisotopic (exact) mass is 245 g/mol. The van der Waals surface area contributed by atoms with Crippen LogP contribution in [0, 0.1) is 0 Å². The van der Waals surface area contributed by atoms with Crippen molar-refractivity contribution in [3.8, 4) is 0 Å². The molecule has 0 saturated heterocycles. The molecule has 0 N–H and O–H groups in total. The number of amides is 2. The van der Waals surface area contributed by atoms with Crippen LogP contribution >= 0.6 is 0 Å². The number of benzene rings is 1. The fourth-order valence-electron chi connectivity index (χ4n) is 1.89. The van der Waals surface area contributed by atoms with Gasteiger partial charge in [-0.15, -0.1) is 0 Å². The third-order valence-electron chi connectivity index (χ3n) is 2.66. The van der Waals surface area contributed by atoms with Crippen molar-refractivity contribution < 1.29 is 19.2 Å². The van der Waals surface area contributed by atoms with E-state index < -0.39 is 17.6 Å². The fourth-order valence-corrected chi connectivity index (χ4v) is 1.89. The molecule has 0 fully saturated rings. The summed E-state index contributed by atoms with van der Waals surface area (Å²) in [5.41, 5.74) is 0.608. The van der Waals surface area contributed by atoms with Crippen molar-refractivity contribution in [1.82, 2.24) is 4.90 Å². The van der Waals surface area contributed by atoms with Crippen molar-refractivity contribution in [2.24, 2.45) is 0 Å². The summed E-state index contributed by atoms with van der Waals surface area (Å²) in [5, 5.41) is 0. The summed E-state index contributed by atoms with van der Waals surface area (Å²) in [4.78, 5) is 47.0. The summed E-state index contributed by atoms with van der Waals surface area (Å²) in [7, 11) is 0. The molecular weight excluding hydrogens is 234 g/mol. The van der Waals surface area contributed by atoms with Crippen molar-refractivity contribution in [2.75, 3.05) is 6.54 Å². The van der Waals surface area contributed by atoms with Crippen molar-refractivity contribution in [1.29, 1.82) is 0 Å². The molecule has 0 spiro atoms. The van der Waals surface area contributed by atoms with Gasteiger partial charge in [0.25, 0.3) is 11.8 Å². The standard InChI is InChI=1S/C13H11NO4/c1-8(15)6-9(16)7-14-12(17)10-4-2-3-5-11(10)13(14)18/h2-5H,6-7H2,1H3. The van der Waals surface area contributed by atoms with Crippen LogP contribution < -0.4 is 0 Å². The maximum absolute atomic E-state index is 11.9. The fraction of sp³-hybridized carbons (Fsp3) is 0.231. The van der Waals surface area contributed by atoms with Gasteiger partial charge >= 0.3 is 0 Å². The van der Waals surface area contributed by atoms with E-state index in [1.165, 1.54) is 6.92 Å². The first-order valence-electron chi connectivity index (χ1n) is 5.47. The zero-order chi connectivity index (χ0) is 13.3. The van der Waals surface area contributed by atoms with E-state index in [2.05, 4.69) is 0 Å². The maximum atomic E-state index is 11.9. The first-order valence-corrected chi connectivity index (χ1v) is 5.47. The molecule has 5 nitrogen and oxygen atoms in total. The molecule has 2 rings (SSSR count). The lowest BCUT2D eigenvalue weighted by atomic mass is 10.1. The maximum Gasteiger partial charge on any atom is 0.261 e. The van der Waals surface area contributed by atoms with E-state index in [1.807, 2.05) is 0 Å². The number of ketones is 2. The van der Waals surface area contributed by atoms with Crippen LogP contribution in [0.3, 0.4) is 0 Å². The molecule has 0 aliphatic carbocycles. The van der Waals surface area contributed by atoms with Gasteiger partial charge in [0.1, 0.15) is 5.78 Å². The molecule has 5 heteroatoms. The number of imide groups is 1. The van der Waals surface area contributed by atoms with Gasteiger partial charge in [-0.05, 0) is 19.1 Å². The molecule has 2 amide bonds. The zero-order valence-electron chi connectivity index (χ0n) is 9.80. The molecule has 0 unspecified atom stereocenters. The Balaban J connectivity index is 2.19. The summed E-state index contributed by atoms with van der Waals surface area (Å²) in [6.07, 6.45) is -0.257. The van der Waals surface area contributed by atoms with Crippen LogP contribution in [0.25, 0.3) is 0 Å². The highest BCUT2D eigenvalue weighted by atomic mass is 16.2. The highest BCUT2D eigenvalue weighted by Crippen LogP contribution is 2.22. The van der Waals surface area contributed by atoms with Crippen molar-refractivity contribution in [2.45, 2.75) is 13.3 Å². The van der Waals surface area contributed by atoms with E-state index in [4.69, 9.17) is 0 Å². The normalized spacial score (nSPS) is 13.7. The minimum Gasteiger partial charge on any atom is -0.300 e. The van der Waals surface area contributed by atoms with Gasteiger partial charge in [0.15, 0.2) is 5.78 Å². The van der Waals surface area contributed by atoms with Crippen LogP contribution in [-0.2, 0) is 9.59 Å². The van der Waals surface area contributed by atoms with E-state index in [1.54, 1.807) is 24.3 Å². The molecule has 1 aromatic carbocycles. The van der Waals surface area contributed by atoms with Gasteiger partial charge in [-0.3, -0.25) is 24.1 Å². The van der Waals surface area contributed by atoms with Crippen molar-refractivity contribution >= 4 is 23.4 Å². The third kappa shape index (κ3) is 2.07. The highest BCUT2D eigenvalue weighted by Gasteiger charge is 2.36. The summed E-state index contributed by atoms with van der Waals surface area (Å²) in [5.74, 6) is -1.67. The molecule has 1 aliphatic heterocycles. The number of rotatable bonds is 4. The first kappa shape index (κ1) is 12.2. The lowest BCUT2D eigenvalue weighted by Crippen LogP contribution is -2.35. The van der Waals surface area contributed by atoms with Gasteiger partial charge in [0.05, 0.1) is 24.1 Å². The van der Waals surface area contributed by atoms with Crippen LogP contribution in [0.1, 0.15) is 34.1 Å². The number of nitrogens with zero attached hydrogens (tertiary/aromatic N) is 1. The topological polar surface area (TPSA) is 71.5 Å². The largest absolute Gasteiger partial charge is 0.300 e. The minimum absolute atomic E-state index is 0.257. The van der Waals surface area contributed by atoms with Crippen LogP contribution in [0.15, 0.2) is 24.3 Å². The van der Waals surface area contributed by atoms with Gasteiger partial charge in [-0.2, -0.15) is 0 Å². The average molecular weight is 245 g/mol. The molecule has 0 radical (unpaired) electrons. The van der Waals surface area contributed by atoms with E-state index in [0.29, 0.717) is 11.1 Å². The Bertz CT molecular complexity index is 527. The zero-order valence-corrected chi connectivity index (χ0v) is 9.80. The van der Waals surface area contributed by atoms with Crippen LogP contribution in [-0.4, -0.2) is 34.8 Å². The van der Waals surface area contributed by atoms with Crippen molar-refractivity contribution in [3.05, 3.63) is 35.4 Å². The van der Waals surface area contributed by atoms with Crippen LogP contribution in [0.5, 0.6) is 0 Å². The van der Waals surface area contributed by atoms with E-state index in [9.17, 15) is 19.2 Å². The van der Waals surface area contributed by atoms with E-state index in [0.717, 1.165) is 4.90 Å². The Hall–Kier alpha value is -2.30. The number of hydrogen-bond donors (Lipinski definition) is 0. The summed E-state index contributed by atoms with van der Waals surface area (Å²) in [6, 6.07) is 6.41. The Kier molecular flexibility index (Phi) is 3.06. The van der Waals surface area contributed by atoms with Crippen molar-refractivity contribution in [3.63, 3.8) is 0 Å². The van der Waals surface area contributed by atoms with Crippen LogP contribution in [0.2, 0.25) is 0 Å². The molecule has 18 heavy (non-hydrogen) atoms. The predicted molar refractivity (Wildman–Crippen MR) is 62.1 cm³/mol. The molecule has 0 aromatic heterocycles. The molecule has 0 bridgehead atoms. The second-order valence-electron chi connectivity index (χ2n) is 4.16. The van der Waals surface area contributed by atoms with Crippen LogP contribution in [0.4, 0.5) is 0 Å². The minimum atomic E-state index is -0.479. The highest BCUT2D eigenvalue weighted by molar-refractivity contribution is 6.22. The number of Topliss-reactive ketones (excluding diaryl/α,β-unsaturated/α-hetero) is 2. The second-order valence-corrected chi connectivity index (χ2v) is 4.16. The van der Waals surface area contributed by atoms with Gasteiger partial charge in [0, 0.05) is 0 Å². The molecular formula is C13H11NO4. The molecule has 0 atom stereocenters. The van der Waals surface area contributed by atoms with Gasteiger partial charge in [-0.1, -0.05) is 12.1 Å². The Morgan fingerprint density at radius 3 is 2.00 bits per heavy atom.